The van der Waals surface area contributed by atoms with Gasteiger partial charge in [-0.1, -0.05) is 6.42 Å². The van der Waals surface area contributed by atoms with Crippen molar-refractivity contribution in [2.45, 2.75) is 62.8 Å². The van der Waals surface area contributed by atoms with Gasteiger partial charge in [0.25, 0.3) is 0 Å². The molecule has 5 rings (SSSR count). The first kappa shape index (κ1) is 17.4. The smallest absolute Gasteiger partial charge is 0.147 e. The van der Waals surface area contributed by atoms with Crippen LogP contribution in [0.4, 0.5) is 5.82 Å². The minimum atomic E-state index is 0.0494. The number of anilines is 1. The van der Waals surface area contributed by atoms with Crippen molar-refractivity contribution in [2.24, 2.45) is 0 Å². The van der Waals surface area contributed by atoms with E-state index >= 15 is 0 Å². The molecule has 0 aliphatic carbocycles. The van der Waals surface area contributed by atoms with E-state index < -0.39 is 0 Å². The molecule has 3 saturated heterocycles. The maximum Gasteiger partial charge on any atom is 0.147 e. The Morgan fingerprint density at radius 1 is 1.22 bits per heavy atom. The fourth-order valence-corrected chi connectivity index (χ4v) is 5.30. The van der Waals surface area contributed by atoms with Gasteiger partial charge in [-0.25, -0.2) is 9.97 Å². The summed E-state index contributed by atoms with van der Waals surface area (Å²) in [5.74, 6) is 0.534. The molecule has 3 fully saturated rings. The first-order chi connectivity index (χ1) is 13.2. The number of nitrogens with two attached hydrogens (primary N) is 1. The molecule has 2 aromatic rings. The number of nitrogen functional groups attached to an aromatic ring is 1. The van der Waals surface area contributed by atoms with Crippen molar-refractivity contribution < 1.29 is 4.74 Å². The summed E-state index contributed by atoms with van der Waals surface area (Å²) < 4.78 is 8.55. The molecule has 3 unspecified atom stereocenters. The normalized spacial score (nSPS) is 32.4. The second-order valence-electron chi connectivity index (χ2n) is 8.51. The van der Waals surface area contributed by atoms with Gasteiger partial charge in [0.2, 0.25) is 0 Å². The predicted molar refractivity (Wildman–Crippen MR) is 105 cm³/mol. The van der Waals surface area contributed by atoms with Crippen LogP contribution in [-0.2, 0) is 4.74 Å². The number of aromatic nitrogens is 3. The Hall–Kier alpha value is -1.70. The van der Waals surface area contributed by atoms with E-state index in [2.05, 4.69) is 24.8 Å². The molecular weight excluding hydrogens is 340 g/mol. The SMILES string of the molecule is Nc1ncnc2c1ccn2C1CCC(CN2CCCC3(CCCCN3)C2)O1. The number of nitrogens with one attached hydrogen (secondary N) is 1. The maximum absolute atomic E-state index is 6.43. The first-order valence-corrected chi connectivity index (χ1v) is 10.4. The fraction of sp³-hybridized carbons (Fsp3) is 0.700. The number of likely N-dealkylation sites (tertiary alicyclic amines) is 1. The second-order valence-corrected chi connectivity index (χ2v) is 8.51. The van der Waals surface area contributed by atoms with Crippen LogP contribution in [0.2, 0.25) is 0 Å². The van der Waals surface area contributed by atoms with Crippen molar-refractivity contribution in [1.29, 1.82) is 0 Å². The molecular formula is C20H30N6O. The number of hydrogen-bond donors (Lipinski definition) is 2. The molecule has 0 amide bonds. The fourth-order valence-electron chi connectivity index (χ4n) is 5.30. The van der Waals surface area contributed by atoms with E-state index in [1.54, 1.807) is 0 Å². The quantitative estimate of drug-likeness (QED) is 0.863. The summed E-state index contributed by atoms with van der Waals surface area (Å²) in [5.41, 5.74) is 7.20. The zero-order valence-electron chi connectivity index (χ0n) is 15.9. The average molecular weight is 371 g/mol. The number of hydrogen-bond acceptors (Lipinski definition) is 6. The molecule has 2 aromatic heterocycles. The van der Waals surface area contributed by atoms with E-state index in [9.17, 15) is 0 Å². The van der Waals surface area contributed by atoms with Gasteiger partial charge in [0.1, 0.15) is 24.0 Å². The second kappa shape index (κ2) is 7.04. The number of piperidine rings is 2. The molecule has 7 heteroatoms. The molecule has 0 saturated carbocycles. The van der Waals surface area contributed by atoms with Crippen LogP contribution in [0.3, 0.4) is 0 Å². The van der Waals surface area contributed by atoms with Crippen LogP contribution in [-0.4, -0.2) is 57.3 Å². The zero-order chi connectivity index (χ0) is 18.3. The molecule has 0 bridgehead atoms. The van der Waals surface area contributed by atoms with Gasteiger partial charge in [-0.3, -0.25) is 4.90 Å². The Morgan fingerprint density at radius 3 is 3.04 bits per heavy atom. The van der Waals surface area contributed by atoms with Gasteiger partial charge in [0.05, 0.1) is 11.5 Å². The summed E-state index contributed by atoms with van der Waals surface area (Å²) in [7, 11) is 0. The minimum absolute atomic E-state index is 0.0494. The van der Waals surface area contributed by atoms with Crippen molar-refractivity contribution in [1.82, 2.24) is 24.8 Å². The van der Waals surface area contributed by atoms with Crippen molar-refractivity contribution in [2.75, 3.05) is 31.9 Å². The van der Waals surface area contributed by atoms with Crippen LogP contribution in [0.1, 0.15) is 51.2 Å². The van der Waals surface area contributed by atoms with Crippen LogP contribution in [0.5, 0.6) is 0 Å². The van der Waals surface area contributed by atoms with Gasteiger partial charge in [0.15, 0.2) is 0 Å². The summed E-state index contributed by atoms with van der Waals surface area (Å²) in [5, 5.41) is 4.74. The minimum Gasteiger partial charge on any atom is -0.383 e. The van der Waals surface area contributed by atoms with Gasteiger partial charge >= 0.3 is 0 Å². The lowest BCUT2D eigenvalue weighted by atomic mass is 9.81. The lowest BCUT2D eigenvalue weighted by Crippen LogP contribution is -2.59. The van der Waals surface area contributed by atoms with Crippen LogP contribution >= 0.6 is 0 Å². The molecule has 146 valence electrons. The highest BCUT2D eigenvalue weighted by Gasteiger charge is 2.38. The van der Waals surface area contributed by atoms with Gasteiger partial charge in [0, 0.05) is 24.8 Å². The summed E-state index contributed by atoms with van der Waals surface area (Å²) in [6, 6.07) is 1.99. The highest BCUT2D eigenvalue weighted by Crippen LogP contribution is 2.34. The van der Waals surface area contributed by atoms with Gasteiger partial charge in [-0.05, 0) is 57.7 Å². The number of fused-ring (bicyclic) bond motifs is 1. The van der Waals surface area contributed by atoms with Gasteiger partial charge in [-0.15, -0.1) is 0 Å². The molecule has 3 aliphatic rings. The van der Waals surface area contributed by atoms with Gasteiger partial charge in [-0.2, -0.15) is 0 Å². The third kappa shape index (κ3) is 3.32. The van der Waals surface area contributed by atoms with E-state index in [-0.39, 0.29) is 6.23 Å². The van der Waals surface area contributed by atoms with Crippen LogP contribution in [0.25, 0.3) is 11.0 Å². The predicted octanol–water partition coefficient (Wildman–Crippen LogP) is 2.30. The van der Waals surface area contributed by atoms with Crippen molar-refractivity contribution in [3.63, 3.8) is 0 Å². The monoisotopic (exact) mass is 370 g/mol. The summed E-state index contributed by atoms with van der Waals surface area (Å²) in [4.78, 5) is 11.1. The zero-order valence-corrected chi connectivity index (χ0v) is 15.9. The van der Waals surface area contributed by atoms with E-state index in [1.165, 1.54) is 58.1 Å². The van der Waals surface area contributed by atoms with Gasteiger partial charge < -0.3 is 20.4 Å². The third-order valence-corrected chi connectivity index (χ3v) is 6.64. The molecule has 3 aliphatic heterocycles. The molecule has 3 atom stereocenters. The van der Waals surface area contributed by atoms with E-state index in [4.69, 9.17) is 10.5 Å². The topological polar surface area (TPSA) is 81.2 Å². The number of rotatable bonds is 3. The molecule has 27 heavy (non-hydrogen) atoms. The van der Waals surface area contributed by atoms with Crippen LogP contribution in [0, 0.1) is 0 Å². The molecule has 3 N–H and O–H groups in total. The average Bonchev–Trinajstić information content (AvgIpc) is 3.30. The Labute approximate surface area is 160 Å². The van der Waals surface area contributed by atoms with Crippen LogP contribution < -0.4 is 11.1 Å². The molecule has 0 aromatic carbocycles. The van der Waals surface area contributed by atoms with Crippen LogP contribution in [0.15, 0.2) is 18.6 Å². The Morgan fingerprint density at radius 2 is 2.15 bits per heavy atom. The van der Waals surface area contributed by atoms with E-state index in [0.717, 1.165) is 30.4 Å². The van der Waals surface area contributed by atoms with E-state index in [1.807, 2.05) is 12.3 Å². The summed E-state index contributed by atoms with van der Waals surface area (Å²) >= 11 is 0. The highest BCUT2D eigenvalue weighted by atomic mass is 16.5. The standard InChI is InChI=1S/C20H30N6O/c21-18-16-6-11-26(19(16)23-14-22-18)17-5-4-15(27-17)12-25-10-3-8-20(13-25)7-1-2-9-24-20/h6,11,14-15,17,24H,1-5,7-10,12-13H2,(H2,21,22,23). The Bertz CT molecular complexity index is 793. The highest BCUT2D eigenvalue weighted by molar-refractivity contribution is 5.86. The maximum atomic E-state index is 6.43. The van der Waals surface area contributed by atoms with Crippen molar-refractivity contribution in [3.05, 3.63) is 18.6 Å². The number of ether oxygens (including phenoxy) is 1. The largest absolute Gasteiger partial charge is 0.383 e. The summed E-state index contributed by atoms with van der Waals surface area (Å²) in [6.45, 7) is 4.59. The lowest BCUT2D eigenvalue weighted by molar-refractivity contribution is -0.0217. The van der Waals surface area contributed by atoms with Crippen molar-refractivity contribution in [3.8, 4) is 0 Å². The molecule has 7 nitrogen and oxygen atoms in total. The lowest BCUT2D eigenvalue weighted by Gasteiger charge is -2.46. The van der Waals surface area contributed by atoms with Crippen molar-refractivity contribution >= 4 is 16.9 Å². The Kier molecular flexibility index (Phi) is 4.53. The Balaban J connectivity index is 1.24. The summed E-state index contributed by atoms with van der Waals surface area (Å²) in [6.07, 6.45) is 12.7. The number of nitrogens with zero attached hydrogens (tertiary/aromatic N) is 4. The molecule has 5 heterocycles. The molecule has 0 radical (unpaired) electrons. The van der Waals surface area contributed by atoms with E-state index in [0.29, 0.717) is 17.5 Å². The first-order valence-electron chi connectivity index (χ1n) is 10.4. The third-order valence-electron chi connectivity index (χ3n) is 6.64. The molecule has 1 spiro atoms.